The van der Waals surface area contributed by atoms with E-state index in [0.29, 0.717) is 6.54 Å². The van der Waals surface area contributed by atoms with Gasteiger partial charge in [-0.25, -0.2) is 8.78 Å². The summed E-state index contributed by atoms with van der Waals surface area (Å²) in [5, 5.41) is 5.72. The first kappa shape index (κ1) is 13.5. The molecule has 2 aromatic carbocycles. The minimum Gasteiger partial charge on any atom is -0.384 e. The molecule has 0 radical (unpaired) electrons. The van der Waals surface area contributed by atoms with Gasteiger partial charge in [0.1, 0.15) is 11.6 Å². The highest BCUT2D eigenvalue weighted by atomic mass is 19.1. The molecule has 2 N–H and O–H groups in total. The fraction of sp³-hybridized carbons (Fsp3) is 0.188. The number of rotatable bonds is 3. The van der Waals surface area contributed by atoms with Gasteiger partial charge in [-0.15, -0.1) is 0 Å². The number of anilines is 2. The normalized spacial score (nSPS) is 16.2. The summed E-state index contributed by atoms with van der Waals surface area (Å²) in [5.41, 5.74) is 2.12. The number of benzene rings is 2. The molecule has 5 heteroatoms. The van der Waals surface area contributed by atoms with Crippen LogP contribution in [0.3, 0.4) is 0 Å². The smallest absolute Gasteiger partial charge is 0.225 e. The Hall–Kier alpha value is -2.43. The first-order valence-electron chi connectivity index (χ1n) is 6.71. The average molecular weight is 288 g/mol. The third-order valence-electron chi connectivity index (χ3n) is 3.58. The Bertz CT molecular complexity index is 688. The van der Waals surface area contributed by atoms with Crippen molar-refractivity contribution >= 4 is 17.3 Å². The summed E-state index contributed by atoms with van der Waals surface area (Å²) < 4.78 is 26.3. The van der Waals surface area contributed by atoms with Gasteiger partial charge in [-0.3, -0.25) is 4.79 Å². The highest BCUT2D eigenvalue weighted by molar-refractivity contribution is 5.91. The van der Waals surface area contributed by atoms with Gasteiger partial charge in [0.2, 0.25) is 5.91 Å². The molecule has 0 aromatic heterocycles. The third-order valence-corrected chi connectivity index (χ3v) is 3.58. The summed E-state index contributed by atoms with van der Waals surface area (Å²) in [6.07, 6.45) is 0.251. The van der Waals surface area contributed by atoms with Crippen LogP contribution < -0.4 is 10.6 Å². The van der Waals surface area contributed by atoms with Crippen molar-refractivity contribution in [2.75, 3.05) is 17.2 Å². The highest BCUT2D eigenvalue weighted by Gasteiger charge is 2.24. The van der Waals surface area contributed by atoms with Crippen LogP contribution in [-0.2, 0) is 4.79 Å². The van der Waals surface area contributed by atoms with Crippen molar-refractivity contribution in [3.63, 3.8) is 0 Å². The minimum atomic E-state index is -0.770. The predicted octanol–water partition coefficient (Wildman–Crippen LogP) is 3.50. The van der Waals surface area contributed by atoms with E-state index in [1.807, 2.05) is 24.3 Å². The molecule has 2 aromatic rings. The fourth-order valence-corrected chi connectivity index (χ4v) is 2.56. The standard InChI is InChI=1S/C16H14F2N2O/c17-11-5-6-15(13(18)8-11)20-16(21)7-10-9-19-14-4-2-1-3-12(10)14/h1-6,8,10,19H,7,9H2,(H,20,21). The minimum absolute atomic E-state index is 0.000594. The maximum atomic E-state index is 13.5. The van der Waals surface area contributed by atoms with Crippen LogP contribution in [0.5, 0.6) is 0 Å². The summed E-state index contributed by atoms with van der Waals surface area (Å²) in [6, 6.07) is 10.9. The molecule has 1 aliphatic rings. The molecule has 3 nitrogen and oxygen atoms in total. The van der Waals surface area contributed by atoms with E-state index in [1.165, 1.54) is 6.07 Å². The summed E-state index contributed by atoms with van der Waals surface area (Å²) in [7, 11) is 0. The van der Waals surface area contributed by atoms with Gasteiger partial charge in [0.25, 0.3) is 0 Å². The second-order valence-electron chi connectivity index (χ2n) is 5.04. The van der Waals surface area contributed by atoms with Crippen LogP contribution in [-0.4, -0.2) is 12.5 Å². The number of nitrogens with one attached hydrogen (secondary N) is 2. The van der Waals surface area contributed by atoms with Gasteiger partial charge in [0, 0.05) is 30.6 Å². The number of carbonyl (C=O) groups excluding carboxylic acids is 1. The zero-order chi connectivity index (χ0) is 14.8. The van der Waals surface area contributed by atoms with Gasteiger partial charge in [-0.05, 0) is 23.8 Å². The Morgan fingerprint density at radius 1 is 1.24 bits per heavy atom. The predicted molar refractivity (Wildman–Crippen MR) is 77.3 cm³/mol. The number of carbonyl (C=O) groups is 1. The molecule has 0 fully saturated rings. The Labute approximate surface area is 121 Å². The number of hydrogen-bond acceptors (Lipinski definition) is 2. The number of hydrogen-bond donors (Lipinski definition) is 2. The molecule has 1 aliphatic heterocycles. The molecule has 0 saturated heterocycles. The molecule has 0 spiro atoms. The Kier molecular flexibility index (Phi) is 3.56. The van der Waals surface area contributed by atoms with E-state index in [4.69, 9.17) is 0 Å². The first-order valence-corrected chi connectivity index (χ1v) is 6.71. The maximum Gasteiger partial charge on any atom is 0.225 e. The second-order valence-corrected chi connectivity index (χ2v) is 5.04. The van der Waals surface area contributed by atoms with Crippen LogP contribution in [0.4, 0.5) is 20.2 Å². The van der Waals surface area contributed by atoms with Crippen molar-refractivity contribution in [2.45, 2.75) is 12.3 Å². The quantitative estimate of drug-likeness (QED) is 0.907. The molecular weight excluding hydrogens is 274 g/mol. The molecule has 21 heavy (non-hydrogen) atoms. The lowest BCUT2D eigenvalue weighted by atomic mass is 9.97. The topological polar surface area (TPSA) is 41.1 Å². The molecule has 0 saturated carbocycles. The Balaban J connectivity index is 1.68. The largest absolute Gasteiger partial charge is 0.384 e. The molecule has 1 unspecified atom stereocenters. The lowest BCUT2D eigenvalue weighted by Crippen LogP contribution is -2.17. The van der Waals surface area contributed by atoms with Gasteiger partial charge < -0.3 is 10.6 Å². The lowest BCUT2D eigenvalue weighted by Gasteiger charge is -2.11. The number of halogens is 2. The van der Waals surface area contributed by atoms with Crippen LogP contribution in [0.25, 0.3) is 0 Å². The molecular formula is C16H14F2N2O. The molecule has 1 heterocycles. The van der Waals surface area contributed by atoms with Crippen LogP contribution in [0, 0.1) is 11.6 Å². The van der Waals surface area contributed by atoms with E-state index >= 15 is 0 Å². The van der Waals surface area contributed by atoms with Crippen molar-refractivity contribution < 1.29 is 13.6 Å². The lowest BCUT2D eigenvalue weighted by molar-refractivity contribution is -0.116. The zero-order valence-corrected chi connectivity index (χ0v) is 11.2. The van der Waals surface area contributed by atoms with E-state index in [1.54, 1.807) is 0 Å². The van der Waals surface area contributed by atoms with Crippen LogP contribution in [0.15, 0.2) is 42.5 Å². The van der Waals surface area contributed by atoms with Crippen LogP contribution >= 0.6 is 0 Å². The molecule has 1 atom stereocenters. The van der Waals surface area contributed by atoms with Crippen molar-refractivity contribution in [3.05, 3.63) is 59.7 Å². The zero-order valence-electron chi connectivity index (χ0n) is 11.2. The van der Waals surface area contributed by atoms with Gasteiger partial charge in [-0.1, -0.05) is 18.2 Å². The van der Waals surface area contributed by atoms with Gasteiger partial charge in [-0.2, -0.15) is 0 Å². The van der Waals surface area contributed by atoms with Gasteiger partial charge in [0.15, 0.2) is 0 Å². The van der Waals surface area contributed by atoms with Gasteiger partial charge >= 0.3 is 0 Å². The van der Waals surface area contributed by atoms with E-state index in [0.717, 1.165) is 23.4 Å². The van der Waals surface area contributed by atoms with Crippen molar-refractivity contribution in [3.8, 4) is 0 Å². The average Bonchev–Trinajstić information content (AvgIpc) is 2.85. The summed E-state index contributed by atoms with van der Waals surface area (Å²) in [5.74, 6) is -1.67. The van der Waals surface area contributed by atoms with Crippen LogP contribution in [0.1, 0.15) is 17.9 Å². The molecule has 0 bridgehead atoms. The van der Waals surface area contributed by atoms with E-state index in [2.05, 4.69) is 10.6 Å². The Morgan fingerprint density at radius 2 is 2.05 bits per heavy atom. The van der Waals surface area contributed by atoms with Crippen molar-refractivity contribution in [1.82, 2.24) is 0 Å². The van der Waals surface area contributed by atoms with Crippen molar-refractivity contribution in [1.29, 1.82) is 0 Å². The number of fused-ring (bicyclic) bond motifs is 1. The number of para-hydroxylation sites is 1. The van der Waals surface area contributed by atoms with E-state index < -0.39 is 11.6 Å². The molecule has 0 aliphatic carbocycles. The van der Waals surface area contributed by atoms with E-state index in [-0.39, 0.29) is 23.9 Å². The molecule has 108 valence electrons. The maximum absolute atomic E-state index is 13.5. The third kappa shape index (κ3) is 2.86. The number of amides is 1. The highest BCUT2D eigenvalue weighted by Crippen LogP contribution is 2.33. The summed E-state index contributed by atoms with van der Waals surface area (Å²) in [4.78, 5) is 12.0. The summed E-state index contributed by atoms with van der Waals surface area (Å²) in [6.45, 7) is 0.679. The fourth-order valence-electron chi connectivity index (χ4n) is 2.56. The second kappa shape index (κ2) is 5.52. The first-order chi connectivity index (χ1) is 10.1. The van der Waals surface area contributed by atoms with Gasteiger partial charge in [0.05, 0.1) is 5.69 Å². The molecule has 3 rings (SSSR count). The monoisotopic (exact) mass is 288 g/mol. The van der Waals surface area contributed by atoms with E-state index in [9.17, 15) is 13.6 Å². The summed E-state index contributed by atoms with van der Waals surface area (Å²) >= 11 is 0. The van der Waals surface area contributed by atoms with Crippen LogP contribution in [0.2, 0.25) is 0 Å². The Morgan fingerprint density at radius 3 is 2.86 bits per heavy atom. The molecule has 1 amide bonds. The van der Waals surface area contributed by atoms with Crippen molar-refractivity contribution in [2.24, 2.45) is 0 Å². The SMILES string of the molecule is O=C(CC1CNc2ccccc21)Nc1ccc(F)cc1F.